The number of ether oxygens (including phenoxy) is 2. The van der Waals surface area contributed by atoms with Crippen LogP contribution in [0.1, 0.15) is 5.56 Å². The molecule has 4 nitrogen and oxygen atoms in total. The molecule has 0 saturated heterocycles. The molecular weight excluding hydrogens is 322 g/mol. The van der Waals surface area contributed by atoms with E-state index in [4.69, 9.17) is 13.9 Å². The van der Waals surface area contributed by atoms with Crippen LogP contribution in [0.5, 0.6) is 11.8 Å². The zero-order chi connectivity index (χ0) is 13.9. The van der Waals surface area contributed by atoms with Gasteiger partial charge in [-0.25, -0.2) is 0 Å². The molecule has 0 aliphatic rings. The lowest BCUT2D eigenvalue weighted by molar-refractivity contribution is 0.299. The van der Waals surface area contributed by atoms with Gasteiger partial charge in [-0.05, 0) is 33.6 Å². The first-order valence-electron chi connectivity index (χ1n) is 6.07. The maximum atomic E-state index is 5.82. The van der Waals surface area contributed by atoms with Crippen LogP contribution in [-0.4, -0.2) is 12.1 Å². The summed E-state index contributed by atoms with van der Waals surface area (Å²) in [7, 11) is 1.52. The molecule has 102 valence electrons. The van der Waals surface area contributed by atoms with E-state index in [2.05, 4.69) is 20.9 Å². The summed E-state index contributed by atoms with van der Waals surface area (Å²) in [4.78, 5) is 4.26. The maximum absolute atomic E-state index is 5.82. The van der Waals surface area contributed by atoms with Crippen molar-refractivity contribution in [1.82, 2.24) is 4.98 Å². The second kappa shape index (κ2) is 5.54. The molecule has 20 heavy (non-hydrogen) atoms. The number of methoxy groups -OCH3 is 1. The van der Waals surface area contributed by atoms with Crippen molar-refractivity contribution >= 4 is 27.0 Å². The molecule has 0 aliphatic heterocycles. The van der Waals surface area contributed by atoms with Crippen LogP contribution in [0.2, 0.25) is 0 Å². The number of fused-ring (bicyclic) bond motifs is 1. The van der Waals surface area contributed by atoms with E-state index in [0.29, 0.717) is 23.5 Å². The quantitative estimate of drug-likeness (QED) is 0.718. The predicted molar refractivity (Wildman–Crippen MR) is 79.0 cm³/mol. The first-order valence-corrected chi connectivity index (χ1v) is 6.87. The number of nitrogens with zero attached hydrogens (tertiary/aromatic N) is 1. The highest BCUT2D eigenvalue weighted by atomic mass is 79.9. The van der Waals surface area contributed by atoms with Crippen LogP contribution in [0.4, 0.5) is 0 Å². The fourth-order valence-corrected chi connectivity index (χ4v) is 2.27. The Morgan fingerprint density at radius 3 is 2.70 bits per heavy atom. The molecule has 1 heterocycles. The molecule has 2 aromatic carbocycles. The molecule has 0 aliphatic carbocycles. The van der Waals surface area contributed by atoms with Gasteiger partial charge in [0, 0.05) is 0 Å². The Morgan fingerprint density at radius 2 is 1.95 bits per heavy atom. The van der Waals surface area contributed by atoms with Crippen molar-refractivity contribution in [3.05, 3.63) is 52.5 Å². The lowest BCUT2D eigenvalue weighted by Gasteiger charge is -2.06. The summed E-state index contributed by atoms with van der Waals surface area (Å²) in [6.45, 7) is 0.479. The Bertz CT molecular complexity index is 725. The molecule has 0 amide bonds. The van der Waals surface area contributed by atoms with Crippen LogP contribution in [0.15, 0.2) is 51.4 Å². The normalized spacial score (nSPS) is 10.7. The molecule has 0 spiro atoms. The van der Waals surface area contributed by atoms with E-state index < -0.39 is 0 Å². The van der Waals surface area contributed by atoms with E-state index in [1.807, 2.05) is 42.5 Å². The van der Waals surface area contributed by atoms with Crippen molar-refractivity contribution in [3.63, 3.8) is 0 Å². The average Bonchev–Trinajstić information content (AvgIpc) is 2.93. The van der Waals surface area contributed by atoms with Crippen molar-refractivity contribution < 1.29 is 13.9 Å². The first-order chi connectivity index (χ1) is 9.78. The average molecular weight is 334 g/mol. The minimum Gasteiger partial charge on any atom is -0.486 e. The Kier molecular flexibility index (Phi) is 3.60. The number of rotatable bonds is 4. The van der Waals surface area contributed by atoms with Gasteiger partial charge in [0.05, 0.1) is 11.6 Å². The highest BCUT2D eigenvalue weighted by Gasteiger charge is 2.14. The topological polar surface area (TPSA) is 44.5 Å². The summed E-state index contributed by atoms with van der Waals surface area (Å²) in [6.07, 6.45) is 0.219. The van der Waals surface area contributed by atoms with Crippen molar-refractivity contribution in [2.24, 2.45) is 0 Å². The molecule has 3 rings (SSSR count). The number of aromatic nitrogens is 1. The van der Waals surface area contributed by atoms with E-state index >= 15 is 0 Å². The fraction of sp³-hybridized carbons (Fsp3) is 0.133. The molecule has 0 bridgehead atoms. The standard InChI is InChI=1S/C15H12BrNO3/c1-18-15-17-13-12(8-7-11(16)14(13)20-15)19-9-10-5-3-2-4-6-10/h2-8H,9H2,1H3. The Morgan fingerprint density at radius 1 is 1.15 bits per heavy atom. The predicted octanol–water partition coefficient (Wildman–Crippen LogP) is 4.18. The van der Waals surface area contributed by atoms with Gasteiger partial charge in [0.1, 0.15) is 12.4 Å². The molecule has 5 heteroatoms. The summed E-state index contributed by atoms with van der Waals surface area (Å²) in [5, 5.41) is 0. The Balaban J connectivity index is 1.91. The number of benzene rings is 2. The van der Waals surface area contributed by atoms with Crippen LogP contribution in [0.25, 0.3) is 11.1 Å². The van der Waals surface area contributed by atoms with E-state index in [1.165, 1.54) is 7.11 Å². The van der Waals surface area contributed by atoms with E-state index in [1.54, 1.807) is 0 Å². The van der Waals surface area contributed by atoms with Crippen LogP contribution in [0.3, 0.4) is 0 Å². The SMILES string of the molecule is COc1nc2c(OCc3ccccc3)ccc(Br)c2o1. The molecular formula is C15H12BrNO3. The minimum atomic E-state index is 0.219. The molecule has 0 radical (unpaired) electrons. The molecule has 0 atom stereocenters. The monoisotopic (exact) mass is 333 g/mol. The number of halogens is 1. The molecule has 1 aromatic heterocycles. The molecule has 0 N–H and O–H groups in total. The third-order valence-electron chi connectivity index (χ3n) is 2.85. The van der Waals surface area contributed by atoms with Crippen LogP contribution >= 0.6 is 15.9 Å². The van der Waals surface area contributed by atoms with Gasteiger partial charge in [-0.15, -0.1) is 0 Å². The first kappa shape index (κ1) is 13.0. The molecule has 0 fully saturated rings. The summed E-state index contributed by atoms with van der Waals surface area (Å²) >= 11 is 3.42. The molecule has 0 unspecified atom stereocenters. The highest BCUT2D eigenvalue weighted by Crippen LogP contribution is 2.34. The summed E-state index contributed by atoms with van der Waals surface area (Å²) in [5.41, 5.74) is 2.36. The highest BCUT2D eigenvalue weighted by molar-refractivity contribution is 9.10. The molecule has 0 saturated carbocycles. The third kappa shape index (κ3) is 2.49. The minimum absolute atomic E-state index is 0.219. The van der Waals surface area contributed by atoms with Gasteiger partial charge < -0.3 is 13.9 Å². The van der Waals surface area contributed by atoms with Crippen molar-refractivity contribution in [3.8, 4) is 11.8 Å². The van der Waals surface area contributed by atoms with E-state index in [-0.39, 0.29) is 6.08 Å². The second-order valence-corrected chi connectivity index (χ2v) is 5.04. The number of hydrogen-bond donors (Lipinski definition) is 0. The van der Waals surface area contributed by atoms with E-state index in [9.17, 15) is 0 Å². The lowest BCUT2D eigenvalue weighted by Crippen LogP contribution is -1.95. The molecule has 3 aromatic rings. The zero-order valence-electron chi connectivity index (χ0n) is 10.8. The lowest BCUT2D eigenvalue weighted by atomic mass is 10.2. The fourth-order valence-electron chi connectivity index (χ4n) is 1.87. The van der Waals surface area contributed by atoms with Crippen LogP contribution in [-0.2, 0) is 6.61 Å². The zero-order valence-corrected chi connectivity index (χ0v) is 12.4. The third-order valence-corrected chi connectivity index (χ3v) is 3.48. The van der Waals surface area contributed by atoms with Gasteiger partial charge >= 0.3 is 6.08 Å². The number of hydrogen-bond acceptors (Lipinski definition) is 4. The van der Waals surface area contributed by atoms with Gasteiger partial charge in [0.15, 0.2) is 11.1 Å². The van der Waals surface area contributed by atoms with Crippen molar-refractivity contribution in [2.75, 3.05) is 7.11 Å². The van der Waals surface area contributed by atoms with Gasteiger partial charge in [0.2, 0.25) is 0 Å². The summed E-state index contributed by atoms with van der Waals surface area (Å²) < 4.78 is 17.1. The summed E-state index contributed by atoms with van der Waals surface area (Å²) in [5.74, 6) is 0.666. The van der Waals surface area contributed by atoms with E-state index in [0.717, 1.165) is 10.0 Å². The van der Waals surface area contributed by atoms with Crippen LogP contribution in [0, 0.1) is 0 Å². The van der Waals surface area contributed by atoms with Gasteiger partial charge in [-0.2, -0.15) is 4.98 Å². The van der Waals surface area contributed by atoms with Gasteiger partial charge in [0.25, 0.3) is 0 Å². The smallest absolute Gasteiger partial charge is 0.394 e. The Hall–Kier alpha value is -2.01. The number of oxazole rings is 1. The van der Waals surface area contributed by atoms with Crippen molar-refractivity contribution in [1.29, 1.82) is 0 Å². The largest absolute Gasteiger partial charge is 0.486 e. The van der Waals surface area contributed by atoms with Crippen LogP contribution < -0.4 is 9.47 Å². The van der Waals surface area contributed by atoms with Gasteiger partial charge in [-0.1, -0.05) is 30.3 Å². The second-order valence-electron chi connectivity index (χ2n) is 4.18. The summed E-state index contributed by atoms with van der Waals surface area (Å²) in [6, 6.07) is 13.7. The van der Waals surface area contributed by atoms with Gasteiger partial charge in [-0.3, -0.25) is 0 Å². The van der Waals surface area contributed by atoms with Crippen molar-refractivity contribution in [2.45, 2.75) is 6.61 Å². The Labute approximate surface area is 124 Å². The maximum Gasteiger partial charge on any atom is 0.394 e.